The number of fused-ring (bicyclic) bond motifs is 3. The Kier molecular flexibility index (Phi) is 5.88. The molecule has 1 amide bonds. The monoisotopic (exact) mass is 554 g/mol. The third-order valence-electron chi connectivity index (χ3n) is 5.52. The fraction of sp³-hybridized carbons (Fsp3) is 0.0435. The van der Waals surface area contributed by atoms with Gasteiger partial charge >= 0.3 is 0 Å². The summed E-state index contributed by atoms with van der Waals surface area (Å²) in [6.45, 7) is 0. The zero-order valence-corrected chi connectivity index (χ0v) is 21.1. The molecule has 1 aliphatic heterocycles. The molecular formula is C23H18N6O7S2. The largest absolute Gasteiger partial charge is 0.321 e. The molecule has 0 unspecified atom stereocenters. The Bertz CT molecular complexity index is 1830. The Morgan fingerprint density at radius 2 is 1.63 bits per heavy atom. The van der Waals surface area contributed by atoms with Crippen LogP contribution in [0.25, 0.3) is 16.9 Å². The molecule has 2 heterocycles. The lowest BCUT2D eigenvalue weighted by atomic mass is 10.1. The van der Waals surface area contributed by atoms with Crippen molar-refractivity contribution < 1.29 is 26.6 Å². The molecule has 0 bridgehead atoms. The Balaban J connectivity index is 1.64. The molecule has 3 N–H and O–H groups in total. The van der Waals surface area contributed by atoms with Gasteiger partial charge in [-0.15, -0.1) is 0 Å². The van der Waals surface area contributed by atoms with E-state index in [1.807, 2.05) is 0 Å². The average molecular weight is 555 g/mol. The minimum atomic E-state index is -4.09. The van der Waals surface area contributed by atoms with Crippen LogP contribution in [-0.2, 0) is 20.0 Å². The van der Waals surface area contributed by atoms with E-state index in [9.17, 15) is 31.7 Å². The number of nitro benzene ring substituents is 1. The van der Waals surface area contributed by atoms with Crippen LogP contribution in [0.2, 0.25) is 0 Å². The van der Waals surface area contributed by atoms with Gasteiger partial charge in [-0.2, -0.15) is 5.10 Å². The van der Waals surface area contributed by atoms with Crippen LogP contribution >= 0.6 is 0 Å². The second-order valence-electron chi connectivity index (χ2n) is 8.24. The molecule has 38 heavy (non-hydrogen) atoms. The van der Waals surface area contributed by atoms with Gasteiger partial charge in [0, 0.05) is 23.0 Å². The van der Waals surface area contributed by atoms with Gasteiger partial charge in [-0.25, -0.2) is 21.5 Å². The molecule has 4 aromatic rings. The SMILES string of the molecule is CS(=O)(=O)Nc1ccc(NC(=O)c2nn(-c3ccccc3[N+](=O)[O-])c3c2NS(=O)(=O)c2ccccc2-3)cc1. The molecule has 1 aromatic heterocycles. The standard InChI is InChI=1S/C23H18N6O7S2/c1-37(33,34)26-15-12-10-14(11-13-15)24-23(30)21-20-22(16-6-2-5-9-19(16)38(35,36)27-20)28(25-21)17-7-3-4-8-18(17)29(31)32/h2-13,26-27H,1H3,(H,24,30). The van der Waals surface area contributed by atoms with E-state index in [0.717, 1.165) is 6.26 Å². The van der Waals surface area contributed by atoms with Crippen molar-refractivity contribution in [3.8, 4) is 16.9 Å². The molecular weight excluding hydrogens is 536 g/mol. The van der Waals surface area contributed by atoms with Crippen LogP contribution in [-0.4, -0.2) is 43.7 Å². The van der Waals surface area contributed by atoms with Gasteiger partial charge in [-0.05, 0) is 36.4 Å². The van der Waals surface area contributed by atoms with Crippen molar-refractivity contribution in [2.45, 2.75) is 4.90 Å². The lowest BCUT2D eigenvalue weighted by Crippen LogP contribution is -2.21. The topological polar surface area (TPSA) is 182 Å². The Morgan fingerprint density at radius 1 is 1.00 bits per heavy atom. The van der Waals surface area contributed by atoms with Crippen molar-refractivity contribution >= 4 is 48.7 Å². The van der Waals surface area contributed by atoms with Crippen molar-refractivity contribution in [1.82, 2.24) is 9.78 Å². The summed E-state index contributed by atoms with van der Waals surface area (Å²) >= 11 is 0. The van der Waals surface area contributed by atoms with Crippen molar-refractivity contribution in [1.29, 1.82) is 0 Å². The number of sulfonamides is 2. The molecule has 0 atom stereocenters. The third-order valence-corrected chi connectivity index (χ3v) is 7.54. The number of hydrogen-bond donors (Lipinski definition) is 3. The van der Waals surface area contributed by atoms with Crippen LogP contribution in [0.1, 0.15) is 10.5 Å². The van der Waals surface area contributed by atoms with E-state index < -0.39 is 30.9 Å². The first-order valence-electron chi connectivity index (χ1n) is 10.8. The van der Waals surface area contributed by atoms with Gasteiger partial charge in [-0.1, -0.05) is 30.3 Å². The van der Waals surface area contributed by atoms with E-state index in [2.05, 4.69) is 19.9 Å². The van der Waals surface area contributed by atoms with E-state index in [4.69, 9.17) is 0 Å². The summed E-state index contributed by atoms with van der Waals surface area (Å²) in [6.07, 6.45) is 0.998. The fourth-order valence-electron chi connectivity index (χ4n) is 4.01. The molecule has 194 valence electrons. The highest BCUT2D eigenvalue weighted by atomic mass is 32.2. The predicted octanol–water partition coefficient (Wildman–Crippen LogP) is 3.19. The smallest absolute Gasteiger partial charge is 0.294 e. The van der Waals surface area contributed by atoms with E-state index in [0.29, 0.717) is 0 Å². The van der Waals surface area contributed by atoms with Gasteiger partial charge in [0.25, 0.3) is 21.6 Å². The lowest BCUT2D eigenvalue weighted by molar-refractivity contribution is -0.384. The van der Waals surface area contributed by atoms with Crippen molar-refractivity contribution in [3.05, 3.63) is 88.6 Å². The quantitative estimate of drug-likeness (QED) is 0.240. The molecule has 1 aliphatic rings. The number of benzene rings is 3. The van der Waals surface area contributed by atoms with E-state index >= 15 is 0 Å². The number of aromatic nitrogens is 2. The lowest BCUT2D eigenvalue weighted by Gasteiger charge is -2.20. The molecule has 0 saturated carbocycles. The maximum absolute atomic E-state index is 13.3. The zero-order valence-electron chi connectivity index (χ0n) is 19.4. The number of carbonyl (C=O) groups excluding carboxylic acids is 1. The highest BCUT2D eigenvalue weighted by molar-refractivity contribution is 7.93. The Morgan fingerprint density at radius 3 is 2.32 bits per heavy atom. The summed E-state index contributed by atoms with van der Waals surface area (Å²) in [5, 5.41) is 18.6. The maximum atomic E-state index is 13.3. The summed E-state index contributed by atoms with van der Waals surface area (Å²) in [6, 6.07) is 17.5. The summed E-state index contributed by atoms with van der Waals surface area (Å²) in [7, 11) is -7.58. The summed E-state index contributed by atoms with van der Waals surface area (Å²) in [5.74, 6) is -0.801. The Hall–Kier alpha value is -4.76. The van der Waals surface area contributed by atoms with Gasteiger partial charge < -0.3 is 5.32 Å². The minimum Gasteiger partial charge on any atom is -0.321 e. The number of amides is 1. The van der Waals surface area contributed by atoms with Gasteiger partial charge in [-0.3, -0.25) is 24.4 Å². The third kappa shape index (κ3) is 4.55. The van der Waals surface area contributed by atoms with E-state index in [1.165, 1.54) is 65.3 Å². The number of carbonyl (C=O) groups is 1. The zero-order chi connectivity index (χ0) is 27.2. The number of nitro groups is 1. The van der Waals surface area contributed by atoms with Crippen LogP contribution in [0.15, 0.2) is 77.7 Å². The average Bonchev–Trinajstić information content (AvgIpc) is 3.23. The van der Waals surface area contributed by atoms with Gasteiger partial charge in [0.2, 0.25) is 10.0 Å². The molecule has 0 spiro atoms. The summed E-state index contributed by atoms with van der Waals surface area (Å²) in [5.41, 5.74) is 0.161. The van der Waals surface area contributed by atoms with Crippen LogP contribution < -0.4 is 14.8 Å². The number of rotatable bonds is 6. The number of nitrogens with one attached hydrogen (secondary N) is 3. The van der Waals surface area contributed by atoms with Gasteiger partial charge in [0.05, 0.1) is 16.1 Å². The van der Waals surface area contributed by atoms with Gasteiger partial charge in [0.1, 0.15) is 17.1 Å². The molecule has 3 aromatic carbocycles. The first-order valence-corrected chi connectivity index (χ1v) is 14.2. The molecule has 0 aliphatic carbocycles. The Labute approximate surface area is 216 Å². The predicted molar refractivity (Wildman–Crippen MR) is 139 cm³/mol. The van der Waals surface area contributed by atoms with Crippen LogP contribution in [0.4, 0.5) is 22.7 Å². The summed E-state index contributed by atoms with van der Waals surface area (Å²) in [4.78, 5) is 24.4. The highest BCUT2D eigenvalue weighted by Crippen LogP contribution is 2.43. The first kappa shape index (κ1) is 24.9. The second-order valence-corrected chi connectivity index (χ2v) is 11.6. The van der Waals surface area contributed by atoms with Crippen molar-refractivity contribution in [3.63, 3.8) is 0 Å². The minimum absolute atomic E-state index is 0.0277. The highest BCUT2D eigenvalue weighted by Gasteiger charge is 2.36. The maximum Gasteiger partial charge on any atom is 0.294 e. The van der Waals surface area contributed by atoms with E-state index in [1.54, 1.807) is 12.1 Å². The second kappa shape index (κ2) is 8.97. The normalized spacial score (nSPS) is 13.5. The van der Waals surface area contributed by atoms with E-state index in [-0.39, 0.29) is 50.3 Å². The number of nitrogens with zero attached hydrogens (tertiary/aromatic N) is 3. The molecule has 5 rings (SSSR count). The van der Waals surface area contributed by atoms with Crippen molar-refractivity contribution in [2.75, 3.05) is 21.0 Å². The van der Waals surface area contributed by atoms with Crippen LogP contribution in [0.3, 0.4) is 0 Å². The number of para-hydroxylation sites is 2. The molecule has 15 heteroatoms. The number of anilines is 3. The van der Waals surface area contributed by atoms with Crippen molar-refractivity contribution in [2.24, 2.45) is 0 Å². The molecule has 0 radical (unpaired) electrons. The molecule has 0 fully saturated rings. The fourth-order valence-corrected chi connectivity index (χ4v) is 5.85. The van der Waals surface area contributed by atoms with Crippen LogP contribution in [0, 0.1) is 10.1 Å². The molecule has 13 nitrogen and oxygen atoms in total. The summed E-state index contributed by atoms with van der Waals surface area (Å²) < 4.78 is 54.7. The van der Waals surface area contributed by atoms with Gasteiger partial charge in [0.15, 0.2) is 5.69 Å². The molecule has 0 saturated heterocycles. The van der Waals surface area contributed by atoms with Crippen LogP contribution in [0.5, 0.6) is 0 Å². The first-order chi connectivity index (χ1) is 17.9. The number of hydrogen-bond acceptors (Lipinski definition) is 8.